The Morgan fingerprint density at radius 1 is 1.26 bits per heavy atom. The number of hydrogen-bond acceptors (Lipinski definition) is 3. The van der Waals surface area contributed by atoms with E-state index in [9.17, 15) is 9.59 Å². The van der Waals surface area contributed by atoms with Crippen LogP contribution in [0.2, 0.25) is 0 Å². The number of nitrogens with zero attached hydrogens (tertiary/aromatic N) is 1. The van der Waals surface area contributed by atoms with Crippen molar-refractivity contribution >= 4 is 17.6 Å². The summed E-state index contributed by atoms with van der Waals surface area (Å²) in [6.45, 7) is 5.58. The third-order valence-electron chi connectivity index (χ3n) is 3.05. The van der Waals surface area contributed by atoms with Crippen molar-refractivity contribution in [2.75, 3.05) is 11.4 Å². The van der Waals surface area contributed by atoms with Crippen LogP contribution >= 0.6 is 0 Å². The van der Waals surface area contributed by atoms with Crippen LogP contribution in [0.5, 0.6) is 0 Å². The first-order chi connectivity index (χ1) is 8.82. The van der Waals surface area contributed by atoms with Gasteiger partial charge in [0.2, 0.25) is 0 Å². The van der Waals surface area contributed by atoms with Crippen LogP contribution in [-0.2, 0) is 9.59 Å². The van der Waals surface area contributed by atoms with Crippen LogP contribution in [0.1, 0.15) is 24.5 Å². The molecule has 0 aliphatic heterocycles. The van der Waals surface area contributed by atoms with E-state index >= 15 is 0 Å². The van der Waals surface area contributed by atoms with Crippen molar-refractivity contribution in [3.05, 3.63) is 29.3 Å². The fourth-order valence-corrected chi connectivity index (χ4v) is 2.00. The third kappa shape index (κ3) is 3.98. The smallest absolute Gasteiger partial charge is 0.326 e. The molecule has 0 saturated heterocycles. The lowest BCUT2D eigenvalue weighted by Crippen LogP contribution is -2.40. The molecule has 0 amide bonds. The number of carboxylic acids is 2. The van der Waals surface area contributed by atoms with Gasteiger partial charge in [-0.2, -0.15) is 0 Å². The van der Waals surface area contributed by atoms with Crippen LogP contribution < -0.4 is 4.90 Å². The van der Waals surface area contributed by atoms with Gasteiger partial charge in [-0.1, -0.05) is 17.7 Å². The zero-order chi connectivity index (χ0) is 14.6. The van der Waals surface area contributed by atoms with E-state index in [1.807, 2.05) is 32.0 Å². The van der Waals surface area contributed by atoms with Crippen molar-refractivity contribution in [3.8, 4) is 0 Å². The zero-order valence-corrected chi connectivity index (χ0v) is 11.4. The Morgan fingerprint density at radius 2 is 1.89 bits per heavy atom. The standard InChI is InChI=1S/C14H19NO4/c1-9-4-5-12(10(2)8-9)15(7-6-13(16)17)11(3)14(18)19/h4-5,8,11H,6-7H2,1-3H3,(H,16,17)(H,18,19). The van der Waals surface area contributed by atoms with Gasteiger partial charge in [-0.05, 0) is 32.4 Å². The molecule has 5 heteroatoms. The minimum Gasteiger partial charge on any atom is -0.481 e. The minimum absolute atomic E-state index is 0.0923. The Hall–Kier alpha value is -2.04. The van der Waals surface area contributed by atoms with Crippen molar-refractivity contribution in [1.29, 1.82) is 0 Å². The molecule has 0 bridgehead atoms. The summed E-state index contributed by atoms with van der Waals surface area (Å²) in [6, 6.07) is 4.93. The fourth-order valence-electron chi connectivity index (χ4n) is 2.00. The summed E-state index contributed by atoms with van der Waals surface area (Å²) < 4.78 is 0. The van der Waals surface area contributed by atoms with Gasteiger partial charge >= 0.3 is 11.9 Å². The fraction of sp³-hybridized carbons (Fsp3) is 0.429. The lowest BCUT2D eigenvalue weighted by atomic mass is 10.1. The second-order valence-corrected chi connectivity index (χ2v) is 4.64. The number of hydrogen-bond donors (Lipinski definition) is 2. The predicted molar refractivity (Wildman–Crippen MR) is 72.6 cm³/mol. The first-order valence-corrected chi connectivity index (χ1v) is 6.11. The van der Waals surface area contributed by atoms with E-state index in [4.69, 9.17) is 10.2 Å². The topological polar surface area (TPSA) is 77.8 Å². The molecule has 1 atom stereocenters. The van der Waals surface area contributed by atoms with Gasteiger partial charge in [-0.25, -0.2) is 4.79 Å². The minimum atomic E-state index is -0.967. The normalized spacial score (nSPS) is 11.9. The molecule has 0 fully saturated rings. The van der Waals surface area contributed by atoms with Crippen LogP contribution in [0, 0.1) is 13.8 Å². The van der Waals surface area contributed by atoms with Gasteiger partial charge in [0.15, 0.2) is 0 Å². The van der Waals surface area contributed by atoms with Crippen LogP contribution in [0.25, 0.3) is 0 Å². The summed E-state index contributed by atoms with van der Waals surface area (Å²) in [5, 5.41) is 17.9. The number of carbonyl (C=O) groups is 2. The second-order valence-electron chi connectivity index (χ2n) is 4.64. The first-order valence-electron chi connectivity index (χ1n) is 6.11. The highest BCUT2D eigenvalue weighted by molar-refractivity contribution is 5.79. The maximum atomic E-state index is 11.1. The Morgan fingerprint density at radius 3 is 2.37 bits per heavy atom. The summed E-state index contributed by atoms with van der Waals surface area (Å²) >= 11 is 0. The van der Waals surface area contributed by atoms with Crippen molar-refractivity contribution in [2.45, 2.75) is 33.2 Å². The number of aliphatic carboxylic acids is 2. The van der Waals surface area contributed by atoms with Crippen molar-refractivity contribution < 1.29 is 19.8 Å². The SMILES string of the molecule is Cc1ccc(N(CCC(=O)O)C(C)C(=O)O)c(C)c1. The van der Waals surface area contributed by atoms with Gasteiger partial charge in [0.25, 0.3) is 0 Å². The molecule has 1 aromatic rings. The quantitative estimate of drug-likeness (QED) is 0.823. The maximum Gasteiger partial charge on any atom is 0.326 e. The molecular weight excluding hydrogens is 246 g/mol. The van der Waals surface area contributed by atoms with Gasteiger partial charge in [0.05, 0.1) is 6.42 Å². The number of aryl methyl sites for hydroxylation is 2. The Labute approximate surface area is 112 Å². The molecule has 104 valence electrons. The van der Waals surface area contributed by atoms with Crippen molar-refractivity contribution in [1.82, 2.24) is 0 Å². The van der Waals surface area contributed by atoms with Crippen LogP contribution in [0.4, 0.5) is 5.69 Å². The number of carboxylic acid groups (broad SMARTS) is 2. The highest BCUT2D eigenvalue weighted by Gasteiger charge is 2.22. The average molecular weight is 265 g/mol. The van der Waals surface area contributed by atoms with E-state index in [1.165, 1.54) is 0 Å². The summed E-state index contributed by atoms with van der Waals surface area (Å²) in [4.78, 5) is 23.5. The molecule has 1 aromatic carbocycles. The number of rotatable bonds is 6. The van der Waals surface area contributed by atoms with Gasteiger partial charge in [0, 0.05) is 12.2 Å². The summed E-state index contributed by atoms with van der Waals surface area (Å²) in [6.07, 6.45) is -0.0923. The third-order valence-corrected chi connectivity index (χ3v) is 3.05. The molecule has 1 unspecified atom stereocenters. The molecule has 0 heterocycles. The van der Waals surface area contributed by atoms with Gasteiger partial charge in [-0.3, -0.25) is 4.79 Å². The van der Waals surface area contributed by atoms with E-state index in [1.54, 1.807) is 11.8 Å². The highest BCUT2D eigenvalue weighted by Crippen LogP contribution is 2.23. The van der Waals surface area contributed by atoms with Crippen LogP contribution in [-0.4, -0.2) is 34.7 Å². The Kier molecular flexibility index (Phi) is 4.92. The zero-order valence-electron chi connectivity index (χ0n) is 11.4. The molecule has 0 spiro atoms. The molecule has 0 aromatic heterocycles. The molecule has 0 saturated carbocycles. The van der Waals surface area contributed by atoms with E-state index < -0.39 is 18.0 Å². The summed E-state index contributed by atoms with van der Waals surface area (Å²) in [5.74, 6) is -1.90. The van der Waals surface area contributed by atoms with E-state index in [0.717, 1.165) is 16.8 Å². The predicted octanol–water partition coefficient (Wildman–Crippen LogP) is 2.06. The lowest BCUT2D eigenvalue weighted by Gasteiger charge is -2.29. The molecule has 0 aliphatic rings. The molecule has 0 radical (unpaired) electrons. The summed E-state index contributed by atoms with van der Waals surface area (Å²) in [5.41, 5.74) is 2.79. The molecule has 5 nitrogen and oxygen atoms in total. The Balaban J connectivity index is 3.07. The van der Waals surface area contributed by atoms with Crippen molar-refractivity contribution in [2.24, 2.45) is 0 Å². The maximum absolute atomic E-state index is 11.1. The lowest BCUT2D eigenvalue weighted by molar-refractivity contribution is -0.139. The molecule has 19 heavy (non-hydrogen) atoms. The molecular formula is C14H19NO4. The van der Waals surface area contributed by atoms with Crippen molar-refractivity contribution in [3.63, 3.8) is 0 Å². The van der Waals surface area contributed by atoms with Crippen LogP contribution in [0.3, 0.4) is 0 Å². The Bertz CT molecular complexity index is 484. The number of anilines is 1. The van der Waals surface area contributed by atoms with E-state index in [0.29, 0.717) is 0 Å². The average Bonchev–Trinajstić information content (AvgIpc) is 2.30. The van der Waals surface area contributed by atoms with Gasteiger partial charge < -0.3 is 15.1 Å². The molecule has 1 rings (SSSR count). The molecule has 2 N–H and O–H groups in total. The number of benzene rings is 1. The monoisotopic (exact) mass is 265 g/mol. The summed E-state index contributed by atoms with van der Waals surface area (Å²) in [7, 11) is 0. The largest absolute Gasteiger partial charge is 0.481 e. The highest BCUT2D eigenvalue weighted by atomic mass is 16.4. The second kappa shape index (κ2) is 6.22. The first kappa shape index (κ1) is 15.0. The van der Waals surface area contributed by atoms with Crippen LogP contribution in [0.15, 0.2) is 18.2 Å². The van der Waals surface area contributed by atoms with E-state index in [2.05, 4.69) is 0 Å². The van der Waals surface area contributed by atoms with Gasteiger partial charge in [-0.15, -0.1) is 0 Å². The van der Waals surface area contributed by atoms with Gasteiger partial charge in [0.1, 0.15) is 6.04 Å². The van der Waals surface area contributed by atoms with E-state index in [-0.39, 0.29) is 13.0 Å². The molecule has 0 aliphatic carbocycles.